The van der Waals surface area contributed by atoms with E-state index in [0.717, 1.165) is 25.7 Å². The van der Waals surface area contributed by atoms with Crippen LogP contribution in [0.4, 0.5) is 0 Å². The molecule has 0 saturated heterocycles. The second kappa shape index (κ2) is 6.73. The molecule has 1 aliphatic rings. The van der Waals surface area contributed by atoms with Crippen LogP contribution in [0.3, 0.4) is 0 Å². The van der Waals surface area contributed by atoms with Gasteiger partial charge in [0.15, 0.2) is 0 Å². The number of rotatable bonds is 4. The summed E-state index contributed by atoms with van der Waals surface area (Å²) in [5, 5.41) is 13.3. The molecule has 1 aromatic rings. The number of aliphatic hydroxyl groups excluding tert-OH is 1. The second-order valence-electron chi connectivity index (χ2n) is 4.99. The third kappa shape index (κ3) is 3.81. The zero-order valence-electron chi connectivity index (χ0n) is 11.2. The summed E-state index contributed by atoms with van der Waals surface area (Å²) in [6, 6.07) is 1.77. The predicted molar refractivity (Wildman–Crippen MR) is 69.8 cm³/mol. The largest absolute Gasteiger partial charge is 0.467 e. The predicted octanol–water partition coefficient (Wildman–Crippen LogP) is 1.85. The number of hydrogen-bond donors (Lipinski definition) is 2. The molecule has 2 atom stereocenters. The molecule has 5 nitrogen and oxygen atoms in total. The van der Waals surface area contributed by atoms with Crippen LogP contribution in [0.25, 0.3) is 0 Å². The SMILES string of the molecule is COC(=O)c1coc(CNC2CCCCCC2O)c1. The Bertz CT molecular complexity index is 415. The van der Waals surface area contributed by atoms with E-state index in [4.69, 9.17) is 4.42 Å². The van der Waals surface area contributed by atoms with Crippen LogP contribution in [0.1, 0.15) is 48.2 Å². The third-order valence-electron chi connectivity index (χ3n) is 3.59. The maximum Gasteiger partial charge on any atom is 0.341 e. The maximum atomic E-state index is 11.3. The number of hydrogen-bond acceptors (Lipinski definition) is 5. The van der Waals surface area contributed by atoms with Gasteiger partial charge in [0.05, 0.1) is 25.3 Å². The normalized spacial score (nSPS) is 23.9. The number of nitrogens with one attached hydrogen (secondary N) is 1. The molecular formula is C14H21NO4. The van der Waals surface area contributed by atoms with Crippen LogP contribution in [0.2, 0.25) is 0 Å². The fraction of sp³-hybridized carbons (Fsp3) is 0.643. The van der Waals surface area contributed by atoms with Crippen LogP contribution in [-0.4, -0.2) is 30.3 Å². The minimum Gasteiger partial charge on any atom is -0.467 e. The van der Waals surface area contributed by atoms with Crippen LogP contribution in [0.5, 0.6) is 0 Å². The van der Waals surface area contributed by atoms with Crippen molar-refractivity contribution in [1.82, 2.24) is 5.32 Å². The van der Waals surface area contributed by atoms with Gasteiger partial charge in [-0.3, -0.25) is 0 Å². The summed E-state index contributed by atoms with van der Waals surface area (Å²) in [5.74, 6) is 0.279. The first-order chi connectivity index (χ1) is 9.20. The van der Waals surface area contributed by atoms with Gasteiger partial charge in [0.25, 0.3) is 0 Å². The van der Waals surface area contributed by atoms with Gasteiger partial charge < -0.3 is 19.6 Å². The average molecular weight is 267 g/mol. The van der Waals surface area contributed by atoms with E-state index in [1.54, 1.807) is 6.07 Å². The van der Waals surface area contributed by atoms with E-state index in [0.29, 0.717) is 17.9 Å². The van der Waals surface area contributed by atoms with Gasteiger partial charge in [-0.1, -0.05) is 19.3 Å². The number of ether oxygens (including phenoxy) is 1. The lowest BCUT2D eigenvalue weighted by atomic mass is 10.1. The first-order valence-corrected chi connectivity index (χ1v) is 6.78. The molecule has 1 fully saturated rings. The van der Waals surface area contributed by atoms with Gasteiger partial charge >= 0.3 is 5.97 Å². The highest BCUT2D eigenvalue weighted by molar-refractivity contribution is 5.88. The summed E-state index contributed by atoms with van der Waals surface area (Å²) in [7, 11) is 1.34. The molecular weight excluding hydrogens is 246 g/mol. The Kier molecular flexibility index (Phi) is 4.99. The first kappa shape index (κ1) is 14.1. The minimum atomic E-state index is -0.399. The lowest BCUT2D eigenvalue weighted by Crippen LogP contribution is -2.38. The highest BCUT2D eigenvalue weighted by atomic mass is 16.5. The lowest BCUT2D eigenvalue weighted by molar-refractivity contribution is 0.0600. The van der Waals surface area contributed by atoms with Gasteiger partial charge in [-0.15, -0.1) is 0 Å². The molecule has 0 aliphatic heterocycles. The smallest absolute Gasteiger partial charge is 0.341 e. The van der Waals surface area contributed by atoms with Gasteiger partial charge in [0.2, 0.25) is 0 Å². The Morgan fingerprint density at radius 3 is 3.05 bits per heavy atom. The van der Waals surface area contributed by atoms with E-state index in [1.807, 2.05) is 0 Å². The van der Waals surface area contributed by atoms with Crippen molar-refractivity contribution in [2.75, 3.05) is 7.11 Å². The lowest BCUT2D eigenvalue weighted by Gasteiger charge is -2.21. The van der Waals surface area contributed by atoms with E-state index >= 15 is 0 Å². The molecule has 5 heteroatoms. The van der Waals surface area contributed by atoms with Crippen molar-refractivity contribution in [3.8, 4) is 0 Å². The molecule has 0 amide bonds. The summed E-state index contributed by atoms with van der Waals surface area (Å²) in [6.45, 7) is 0.513. The number of methoxy groups -OCH3 is 1. The zero-order chi connectivity index (χ0) is 13.7. The van der Waals surface area contributed by atoms with Gasteiger partial charge in [-0.2, -0.15) is 0 Å². The van der Waals surface area contributed by atoms with Gasteiger partial charge in [-0.25, -0.2) is 4.79 Å². The maximum absolute atomic E-state index is 11.3. The number of carbonyl (C=O) groups is 1. The van der Waals surface area contributed by atoms with Crippen molar-refractivity contribution in [2.24, 2.45) is 0 Å². The van der Waals surface area contributed by atoms with Crippen molar-refractivity contribution >= 4 is 5.97 Å². The van der Waals surface area contributed by atoms with E-state index in [9.17, 15) is 9.90 Å². The van der Waals surface area contributed by atoms with Crippen LogP contribution in [-0.2, 0) is 11.3 Å². The van der Waals surface area contributed by atoms with Crippen molar-refractivity contribution in [3.63, 3.8) is 0 Å². The fourth-order valence-electron chi connectivity index (χ4n) is 2.46. The number of esters is 1. The quantitative estimate of drug-likeness (QED) is 0.643. The van der Waals surface area contributed by atoms with Crippen LogP contribution in [0.15, 0.2) is 16.7 Å². The summed E-state index contributed by atoms with van der Waals surface area (Å²) < 4.78 is 9.92. The molecule has 0 aromatic carbocycles. The molecule has 1 heterocycles. The molecule has 0 bridgehead atoms. The number of aliphatic hydroxyl groups is 1. The summed E-state index contributed by atoms with van der Waals surface area (Å²) in [4.78, 5) is 11.3. The molecule has 0 spiro atoms. The Hall–Kier alpha value is -1.33. The van der Waals surface area contributed by atoms with Gasteiger partial charge in [-0.05, 0) is 18.9 Å². The zero-order valence-corrected chi connectivity index (χ0v) is 11.2. The fourth-order valence-corrected chi connectivity index (χ4v) is 2.46. The molecule has 1 saturated carbocycles. The Balaban J connectivity index is 1.87. The van der Waals surface area contributed by atoms with Gasteiger partial charge in [0.1, 0.15) is 12.0 Å². The van der Waals surface area contributed by atoms with Crippen LogP contribution >= 0.6 is 0 Å². The second-order valence-corrected chi connectivity index (χ2v) is 4.99. The third-order valence-corrected chi connectivity index (χ3v) is 3.59. The van der Waals surface area contributed by atoms with E-state index in [-0.39, 0.29) is 12.1 Å². The Morgan fingerprint density at radius 1 is 1.47 bits per heavy atom. The van der Waals surface area contributed by atoms with Crippen LogP contribution in [0, 0.1) is 0 Å². The molecule has 19 heavy (non-hydrogen) atoms. The molecule has 106 valence electrons. The molecule has 2 unspecified atom stereocenters. The Labute approximate surface area is 112 Å². The number of carbonyl (C=O) groups excluding carboxylic acids is 1. The van der Waals surface area contributed by atoms with Crippen molar-refractivity contribution in [3.05, 3.63) is 23.7 Å². The highest BCUT2D eigenvalue weighted by Gasteiger charge is 2.21. The molecule has 2 N–H and O–H groups in total. The van der Waals surface area contributed by atoms with Crippen molar-refractivity contribution < 1.29 is 19.1 Å². The van der Waals surface area contributed by atoms with E-state index < -0.39 is 5.97 Å². The molecule has 1 aliphatic carbocycles. The van der Waals surface area contributed by atoms with Crippen molar-refractivity contribution in [2.45, 2.75) is 50.8 Å². The first-order valence-electron chi connectivity index (χ1n) is 6.78. The topological polar surface area (TPSA) is 71.7 Å². The monoisotopic (exact) mass is 267 g/mol. The Morgan fingerprint density at radius 2 is 2.26 bits per heavy atom. The van der Waals surface area contributed by atoms with E-state index in [2.05, 4.69) is 10.1 Å². The number of furan rings is 1. The molecule has 1 aromatic heterocycles. The van der Waals surface area contributed by atoms with Crippen LogP contribution < -0.4 is 5.32 Å². The van der Waals surface area contributed by atoms with Crippen molar-refractivity contribution in [1.29, 1.82) is 0 Å². The highest BCUT2D eigenvalue weighted by Crippen LogP contribution is 2.18. The summed E-state index contributed by atoms with van der Waals surface area (Å²) >= 11 is 0. The average Bonchev–Trinajstić information content (AvgIpc) is 2.80. The molecule has 0 radical (unpaired) electrons. The minimum absolute atomic E-state index is 0.106. The summed E-state index contributed by atoms with van der Waals surface area (Å²) in [5.41, 5.74) is 0.417. The standard InChI is InChI=1S/C14H21NO4/c1-18-14(17)10-7-11(19-9-10)8-15-12-5-3-2-4-6-13(12)16/h7,9,12-13,15-16H,2-6,8H2,1H3. The van der Waals surface area contributed by atoms with Gasteiger partial charge in [0, 0.05) is 6.04 Å². The van der Waals surface area contributed by atoms with E-state index in [1.165, 1.54) is 19.8 Å². The molecule has 2 rings (SSSR count). The summed E-state index contributed by atoms with van der Waals surface area (Å²) in [6.07, 6.45) is 6.34.